The summed E-state index contributed by atoms with van der Waals surface area (Å²) >= 11 is 0. The fraction of sp³-hybridized carbons (Fsp3) is 0.133. The Labute approximate surface area is 96.5 Å². The first kappa shape index (κ1) is 10.6. The second-order valence-corrected chi connectivity index (χ2v) is 3.96. The van der Waals surface area contributed by atoms with E-state index in [0.717, 1.165) is 0 Å². The predicted molar refractivity (Wildman–Crippen MR) is 69.1 cm³/mol. The van der Waals surface area contributed by atoms with Crippen LogP contribution in [0.1, 0.15) is 22.3 Å². The van der Waals surface area contributed by atoms with Crippen molar-refractivity contribution < 1.29 is 0 Å². The van der Waals surface area contributed by atoms with Crippen molar-refractivity contribution in [1.29, 1.82) is 0 Å². The van der Waals surface area contributed by atoms with E-state index in [4.69, 9.17) is 0 Å². The summed E-state index contributed by atoms with van der Waals surface area (Å²) < 4.78 is 0. The minimum atomic E-state index is 1.17. The van der Waals surface area contributed by atoms with Gasteiger partial charge in [-0.1, -0.05) is 30.4 Å². The van der Waals surface area contributed by atoms with Gasteiger partial charge >= 0.3 is 0 Å². The second-order valence-electron chi connectivity index (χ2n) is 3.96. The van der Waals surface area contributed by atoms with E-state index in [1.54, 1.807) is 12.4 Å². The summed E-state index contributed by atoms with van der Waals surface area (Å²) in [5.41, 5.74) is 5.08. The Hall–Kier alpha value is -1.89. The Morgan fingerprint density at radius 3 is 2.19 bits per heavy atom. The van der Waals surface area contributed by atoms with E-state index in [0.29, 0.717) is 0 Å². The van der Waals surface area contributed by atoms with Crippen LogP contribution in [-0.4, -0.2) is 4.98 Å². The summed E-state index contributed by atoms with van der Waals surface area (Å²) in [6.07, 6.45) is 7.84. The van der Waals surface area contributed by atoms with Gasteiger partial charge in [0.15, 0.2) is 0 Å². The van der Waals surface area contributed by atoms with Gasteiger partial charge in [0.25, 0.3) is 0 Å². The third kappa shape index (κ3) is 2.57. The van der Waals surface area contributed by atoms with Crippen molar-refractivity contribution in [2.75, 3.05) is 0 Å². The molecule has 0 spiro atoms. The van der Waals surface area contributed by atoms with Crippen LogP contribution in [0.5, 0.6) is 0 Å². The fourth-order valence-corrected chi connectivity index (χ4v) is 1.54. The summed E-state index contributed by atoms with van der Waals surface area (Å²) in [5.74, 6) is 0. The van der Waals surface area contributed by atoms with Gasteiger partial charge in [-0.3, -0.25) is 4.98 Å². The molecule has 0 radical (unpaired) electrons. The molecule has 1 heteroatoms. The number of aryl methyl sites for hydroxylation is 2. The highest BCUT2D eigenvalue weighted by atomic mass is 14.6. The number of pyridine rings is 1. The zero-order chi connectivity index (χ0) is 11.4. The Kier molecular flexibility index (Phi) is 3.16. The molecule has 0 aliphatic heterocycles. The van der Waals surface area contributed by atoms with Crippen LogP contribution in [0.2, 0.25) is 0 Å². The van der Waals surface area contributed by atoms with Crippen molar-refractivity contribution in [3.63, 3.8) is 0 Å². The van der Waals surface area contributed by atoms with Crippen LogP contribution in [0.4, 0.5) is 0 Å². The molecule has 16 heavy (non-hydrogen) atoms. The van der Waals surface area contributed by atoms with Gasteiger partial charge in [-0.15, -0.1) is 0 Å². The molecule has 1 nitrogen and oxygen atoms in total. The molecule has 0 saturated heterocycles. The zero-order valence-corrected chi connectivity index (χ0v) is 9.64. The zero-order valence-electron chi connectivity index (χ0n) is 9.64. The SMILES string of the molecule is Cc1ccc(/C=C/c2ccncc2)cc1C. The lowest BCUT2D eigenvalue weighted by molar-refractivity contribution is 1.32. The molecule has 0 atom stereocenters. The molecular weight excluding hydrogens is 194 g/mol. The van der Waals surface area contributed by atoms with E-state index in [-0.39, 0.29) is 0 Å². The number of benzene rings is 1. The summed E-state index contributed by atoms with van der Waals surface area (Å²) in [4.78, 5) is 3.99. The van der Waals surface area contributed by atoms with Crippen LogP contribution in [0.25, 0.3) is 12.2 Å². The average Bonchev–Trinajstić information content (AvgIpc) is 2.32. The highest BCUT2D eigenvalue weighted by Crippen LogP contribution is 2.12. The van der Waals surface area contributed by atoms with E-state index in [1.807, 2.05) is 12.1 Å². The Bertz CT molecular complexity index is 498. The van der Waals surface area contributed by atoms with Gasteiger partial charge in [0.1, 0.15) is 0 Å². The van der Waals surface area contributed by atoms with E-state index in [2.05, 4.69) is 49.2 Å². The molecule has 1 heterocycles. The van der Waals surface area contributed by atoms with Crippen LogP contribution in [0, 0.1) is 13.8 Å². The lowest BCUT2D eigenvalue weighted by Gasteiger charge is -2.00. The summed E-state index contributed by atoms with van der Waals surface area (Å²) in [6, 6.07) is 10.5. The van der Waals surface area contributed by atoms with E-state index in [1.165, 1.54) is 22.3 Å². The van der Waals surface area contributed by atoms with Gasteiger partial charge in [0.2, 0.25) is 0 Å². The molecule has 0 saturated carbocycles. The Balaban J connectivity index is 2.21. The Morgan fingerprint density at radius 1 is 0.812 bits per heavy atom. The maximum atomic E-state index is 3.99. The van der Waals surface area contributed by atoms with Crippen LogP contribution in [-0.2, 0) is 0 Å². The van der Waals surface area contributed by atoms with Crippen molar-refractivity contribution in [3.8, 4) is 0 Å². The van der Waals surface area contributed by atoms with E-state index in [9.17, 15) is 0 Å². The van der Waals surface area contributed by atoms with Crippen molar-refractivity contribution >= 4 is 12.2 Å². The molecule has 0 amide bonds. The molecule has 1 aromatic carbocycles. The van der Waals surface area contributed by atoms with Gasteiger partial charge in [0.05, 0.1) is 0 Å². The van der Waals surface area contributed by atoms with Crippen LogP contribution in [0.3, 0.4) is 0 Å². The van der Waals surface area contributed by atoms with Crippen LogP contribution < -0.4 is 0 Å². The molecule has 80 valence electrons. The summed E-state index contributed by atoms with van der Waals surface area (Å²) in [7, 11) is 0. The number of hydrogen-bond acceptors (Lipinski definition) is 1. The maximum Gasteiger partial charge on any atom is 0.0273 e. The van der Waals surface area contributed by atoms with Crippen molar-refractivity contribution in [1.82, 2.24) is 4.98 Å². The summed E-state index contributed by atoms with van der Waals surface area (Å²) in [6.45, 7) is 4.27. The van der Waals surface area contributed by atoms with E-state index < -0.39 is 0 Å². The first-order chi connectivity index (χ1) is 7.75. The fourth-order valence-electron chi connectivity index (χ4n) is 1.54. The second kappa shape index (κ2) is 4.75. The minimum absolute atomic E-state index is 1.17. The molecule has 0 aliphatic carbocycles. The third-order valence-corrected chi connectivity index (χ3v) is 2.71. The first-order valence-corrected chi connectivity index (χ1v) is 5.41. The molecule has 2 rings (SSSR count). The van der Waals surface area contributed by atoms with Crippen molar-refractivity contribution in [3.05, 3.63) is 65.0 Å². The van der Waals surface area contributed by atoms with Gasteiger partial charge in [-0.25, -0.2) is 0 Å². The largest absolute Gasteiger partial charge is 0.265 e. The monoisotopic (exact) mass is 209 g/mol. The number of hydrogen-bond donors (Lipinski definition) is 0. The van der Waals surface area contributed by atoms with Crippen LogP contribution >= 0.6 is 0 Å². The number of nitrogens with zero attached hydrogens (tertiary/aromatic N) is 1. The lowest BCUT2D eigenvalue weighted by atomic mass is 10.1. The van der Waals surface area contributed by atoms with Gasteiger partial charge in [-0.05, 0) is 48.2 Å². The molecule has 1 aromatic heterocycles. The first-order valence-electron chi connectivity index (χ1n) is 5.41. The normalized spacial score (nSPS) is 10.9. The number of aromatic nitrogens is 1. The molecule has 0 aliphatic rings. The molecular formula is C15H15N. The quantitative estimate of drug-likeness (QED) is 0.731. The number of rotatable bonds is 2. The Morgan fingerprint density at radius 2 is 1.50 bits per heavy atom. The molecule has 2 aromatic rings. The third-order valence-electron chi connectivity index (χ3n) is 2.71. The van der Waals surface area contributed by atoms with Crippen LogP contribution in [0.15, 0.2) is 42.7 Å². The summed E-state index contributed by atoms with van der Waals surface area (Å²) in [5, 5.41) is 0. The lowest BCUT2D eigenvalue weighted by Crippen LogP contribution is -1.81. The molecule has 0 fully saturated rings. The van der Waals surface area contributed by atoms with Gasteiger partial charge < -0.3 is 0 Å². The average molecular weight is 209 g/mol. The topological polar surface area (TPSA) is 12.9 Å². The highest BCUT2D eigenvalue weighted by molar-refractivity contribution is 5.69. The van der Waals surface area contributed by atoms with Crippen molar-refractivity contribution in [2.45, 2.75) is 13.8 Å². The standard InChI is InChI=1S/C15H15N/c1-12-3-4-15(11-13(12)2)6-5-14-7-9-16-10-8-14/h3-11H,1-2H3/b6-5+. The molecule has 0 bridgehead atoms. The minimum Gasteiger partial charge on any atom is -0.265 e. The molecule has 0 N–H and O–H groups in total. The van der Waals surface area contributed by atoms with Gasteiger partial charge in [-0.2, -0.15) is 0 Å². The van der Waals surface area contributed by atoms with Gasteiger partial charge in [0, 0.05) is 12.4 Å². The maximum absolute atomic E-state index is 3.99. The highest BCUT2D eigenvalue weighted by Gasteiger charge is 1.92. The smallest absolute Gasteiger partial charge is 0.0273 e. The van der Waals surface area contributed by atoms with Crippen molar-refractivity contribution in [2.24, 2.45) is 0 Å². The van der Waals surface area contributed by atoms with E-state index >= 15 is 0 Å². The molecule has 0 unspecified atom stereocenters. The predicted octanol–water partition coefficient (Wildman–Crippen LogP) is 3.87.